The molecule has 2 N–H and O–H groups in total. The lowest BCUT2D eigenvalue weighted by atomic mass is 9.98. The van der Waals surface area contributed by atoms with Crippen LogP contribution in [0, 0.1) is 0 Å². The fraction of sp³-hybridized carbons (Fsp3) is 0.421. The van der Waals surface area contributed by atoms with Gasteiger partial charge < -0.3 is 29.4 Å². The molecule has 0 unspecified atom stereocenters. The molecule has 1 aromatic heterocycles. The quantitative estimate of drug-likeness (QED) is 0.710. The molecule has 0 bridgehead atoms. The molecule has 0 saturated carbocycles. The third kappa shape index (κ3) is 4.25. The molecular weight excluding hydrogens is 364 g/mol. The van der Waals surface area contributed by atoms with Gasteiger partial charge in [-0.2, -0.15) is 0 Å². The van der Waals surface area contributed by atoms with E-state index in [0.29, 0.717) is 30.0 Å². The molecule has 1 aliphatic rings. The van der Waals surface area contributed by atoms with Crippen molar-refractivity contribution in [3.8, 4) is 11.5 Å². The maximum atomic E-state index is 12.7. The predicted molar refractivity (Wildman–Crippen MR) is 100 cm³/mol. The summed E-state index contributed by atoms with van der Waals surface area (Å²) >= 11 is 0. The van der Waals surface area contributed by atoms with E-state index in [1.807, 2.05) is 17.8 Å². The van der Waals surface area contributed by atoms with E-state index >= 15 is 0 Å². The molecule has 150 valence electrons. The zero-order valence-corrected chi connectivity index (χ0v) is 16.1. The van der Waals surface area contributed by atoms with Gasteiger partial charge in [0, 0.05) is 32.4 Å². The van der Waals surface area contributed by atoms with E-state index in [9.17, 15) is 9.59 Å². The summed E-state index contributed by atoms with van der Waals surface area (Å²) in [7, 11) is 4.97. The minimum absolute atomic E-state index is 0.165. The Morgan fingerprint density at radius 2 is 2.14 bits per heavy atom. The van der Waals surface area contributed by atoms with Crippen molar-refractivity contribution in [3.63, 3.8) is 0 Å². The van der Waals surface area contributed by atoms with Crippen molar-refractivity contribution in [3.05, 3.63) is 42.0 Å². The van der Waals surface area contributed by atoms with Crippen molar-refractivity contribution in [1.82, 2.24) is 20.2 Å². The second-order valence-electron chi connectivity index (χ2n) is 6.39. The van der Waals surface area contributed by atoms with Crippen molar-refractivity contribution in [2.45, 2.75) is 18.6 Å². The first-order chi connectivity index (χ1) is 13.5. The number of nitrogens with one attached hydrogen (secondary N) is 2. The number of ether oxygens (including phenoxy) is 3. The summed E-state index contributed by atoms with van der Waals surface area (Å²) in [5.74, 6) is 1.36. The first-order valence-corrected chi connectivity index (χ1v) is 8.90. The van der Waals surface area contributed by atoms with Crippen molar-refractivity contribution in [1.29, 1.82) is 0 Å². The highest BCUT2D eigenvalue weighted by molar-refractivity contribution is 5.86. The summed E-state index contributed by atoms with van der Waals surface area (Å²) in [5.41, 5.74) is 0.690. The Kier molecular flexibility index (Phi) is 6.15. The number of aryl methyl sites for hydroxylation is 1. The van der Waals surface area contributed by atoms with Crippen LogP contribution >= 0.6 is 0 Å². The molecule has 9 nitrogen and oxygen atoms in total. The molecule has 2 heterocycles. The molecule has 2 amide bonds. The molecule has 0 aliphatic carbocycles. The molecule has 0 spiro atoms. The van der Waals surface area contributed by atoms with Gasteiger partial charge in [-0.25, -0.2) is 4.98 Å². The Labute approximate surface area is 163 Å². The van der Waals surface area contributed by atoms with E-state index in [0.717, 1.165) is 5.82 Å². The molecule has 3 rings (SSSR count). The standard InChI is InChI=1S/C19H24N4O5/c1-23-9-8-20-15(23)6-7-21-19(25)18-17(22-16(24)11-28-18)12-4-5-13(26-2)14(10-12)27-3/h4-5,8-10,17-18H,6-7,11H2,1-3H3,(H,21,25)(H,22,24)/t17-,18+/m1/s1. The van der Waals surface area contributed by atoms with Crippen LogP contribution in [0.15, 0.2) is 30.6 Å². The van der Waals surface area contributed by atoms with Gasteiger partial charge in [-0.05, 0) is 17.7 Å². The van der Waals surface area contributed by atoms with Crippen molar-refractivity contribution in [2.75, 3.05) is 27.4 Å². The number of imidazole rings is 1. The van der Waals surface area contributed by atoms with E-state index < -0.39 is 12.1 Å². The second-order valence-corrected chi connectivity index (χ2v) is 6.39. The number of hydrogen-bond donors (Lipinski definition) is 2. The number of benzene rings is 1. The zero-order chi connectivity index (χ0) is 20.1. The van der Waals surface area contributed by atoms with Crippen LogP contribution in [-0.4, -0.2) is 54.8 Å². The molecule has 28 heavy (non-hydrogen) atoms. The molecular formula is C19H24N4O5. The number of carbonyl (C=O) groups is 2. The lowest BCUT2D eigenvalue weighted by molar-refractivity contribution is -0.148. The van der Waals surface area contributed by atoms with E-state index in [1.165, 1.54) is 7.11 Å². The Bertz CT molecular complexity index is 851. The van der Waals surface area contributed by atoms with Crippen molar-refractivity contribution in [2.24, 2.45) is 7.05 Å². The Morgan fingerprint density at radius 3 is 2.82 bits per heavy atom. The van der Waals surface area contributed by atoms with Gasteiger partial charge in [0.1, 0.15) is 12.4 Å². The van der Waals surface area contributed by atoms with Crippen LogP contribution in [0.4, 0.5) is 0 Å². The summed E-state index contributed by atoms with van der Waals surface area (Å²) in [6, 6.07) is 4.60. The Balaban J connectivity index is 1.72. The van der Waals surface area contributed by atoms with E-state index in [2.05, 4.69) is 15.6 Å². The third-order valence-corrected chi connectivity index (χ3v) is 4.61. The average molecular weight is 388 g/mol. The van der Waals surface area contributed by atoms with Crippen LogP contribution in [0.25, 0.3) is 0 Å². The summed E-state index contributed by atoms with van der Waals surface area (Å²) in [6.45, 7) is 0.247. The van der Waals surface area contributed by atoms with Gasteiger partial charge in [0.25, 0.3) is 5.91 Å². The highest BCUT2D eigenvalue weighted by Crippen LogP contribution is 2.32. The maximum absolute atomic E-state index is 12.7. The number of rotatable bonds is 7. The monoisotopic (exact) mass is 388 g/mol. The highest BCUT2D eigenvalue weighted by Gasteiger charge is 2.36. The minimum atomic E-state index is -0.850. The van der Waals surface area contributed by atoms with Crippen LogP contribution in [0.1, 0.15) is 17.4 Å². The smallest absolute Gasteiger partial charge is 0.251 e. The molecule has 2 atom stereocenters. The second kappa shape index (κ2) is 8.75. The van der Waals surface area contributed by atoms with Gasteiger partial charge >= 0.3 is 0 Å². The number of carbonyl (C=O) groups excluding carboxylic acids is 2. The fourth-order valence-electron chi connectivity index (χ4n) is 3.12. The lowest BCUT2D eigenvalue weighted by Crippen LogP contribution is -2.52. The average Bonchev–Trinajstić information content (AvgIpc) is 3.12. The first-order valence-electron chi connectivity index (χ1n) is 8.90. The molecule has 1 saturated heterocycles. The van der Waals surface area contributed by atoms with Crippen molar-refractivity contribution < 1.29 is 23.8 Å². The predicted octanol–water partition coefficient (Wildman–Crippen LogP) is 0.352. The molecule has 2 aromatic rings. The Hall–Kier alpha value is -3.07. The fourth-order valence-corrected chi connectivity index (χ4v) is 3.12. The first kappa shape index (κ1) is 19.7. The minimum Gasteiger partial charge on any atom is -0.493 e. The molecule has 9 heteroatoms. The van der Waals surface area contributed by atoms with Crippen LogP contribution < -0.4 is 20.1 Å². The van der Waals surface area contributed by atoms with Crippen LogP contribution in [0.5, 0.6) is 11.5 Å². The van der Waals surface area contributed by atoms with Gasteiger partial charge in [-0.1, -0.05) is 6.07 Å². The molecule has 1 fully saturated rings. The number of aromatic nitrogens is 2. The highest BCUT2D eigenvalue weighted by atomic mass is 16.5. The third-order valence-electron chi connectivity index (χ3n) is 4.61. The maximum Gasteiger partial charge on any atom is 0.251 e. The number of nitrogens with zero attached hydrogens (tertiary/aromatic N) is 2. The van der Waals surface area contributed by atoms with Crippen LogP contribution in [-0.2, 0) is 27.8 Å². The van der Waals surface area contributed by atoms with Crippen LogP contribution in [0.2, 0.25) is 0 Å². The SMILES string of the molecule is COc1ccc([C@H]2NC(=O)CO[C@@H]2C(=O)NCCc2nccn2C)cc1OC. The Morgan fingerprint density at radius 1 is 1.36 bits per heavy atom. The zero-order valence-electron chi connectivity index (χ0n) is 16.1. The molecule has 0 radical (unpaired) electrons. The number of morpholine rings is 1. The summed E-state index contributed by atoms with van der Waals surface area (Å²) < 4.78 is 18.0. The van der Waals surface area contributed by atoms with Gasteiger partial charge in [-0.3, -0.25) is 9.59 Å². The topological polar surface area (TPSA) is 104 Å². The number of amides is 2. The number of methoxy groups -OCH3 is 2. The lowest BCUT2D eigenvalue weighted by Gasteiger charge is -2.32. The summed E-state index contributed by atoms with van der Waals surface area (Å²) in [5, 5.41) is 5.69. The largest absolute Gasteiger partial charge is 0.493 e. The van der Waals surface area contributed by atoms with Crippen molar-refractivity contribution >= 4 is 11.8 Å². The van der Waals surface area contributed by atoms with Gasteiger partial charge in [-0.15, -0.1) is 0 Å². The van der Waals surface area contributed by atoms with E-state index in [4.69, 9.17) is 14.2 Å². The molecule has 1 aromatic carbocycles. The molecule has 1 aliphatic heterocycles. The van der Waals surface area contributed by atoms with E-state index in [-0.39, 0.29) is 18.4 Å². The van der Waals surface area contributed by atoms with Gasteiger partial charge in [0.05, 0.1) is 20.3 Å². The number of hydrogen-bond acceptors (Lipinski definition) is 6. The van der Waals surface area contributed by atoms with Gasteiger partial charge in [0.15, 0.2) is 17.6 Å². The summed E-state index contributed by atoms with van der Waals surface area (Å²) in [4.78, 5) is 28.8. The normalized spacial score (nSPS) is 19.0. The van der Waals surface area contributed by atoms with Gasteiger partial charge in [0.2, 0.25) is 5.91 Å². The van der Waals surface area contributed by atoms with Crippen LogP contribution in [0.3, 0.4) is 0 Å². The van der Waals surface area contributed by atoms with E-state index in [1.54, 1.807) is 31.5 Å². The summed E-state index contributed by atoms with van der Waals surface area (Å²) in [6.07, 6.45) is 3.31.